The number of amides is 1. The van der Waals surface area contributed by atoms with Crippen molar-refractivity contribution >= 4 is 28.9 Å². The predicted molar refractivity (Wildman–Crippen MR) is 123 cm³/mol. The van der Waals surface area contributed by atoms with Crippen LogP contribution < -0.4 is 21.1 Å². The second kappa shape index (κ2) is 8.35. The minimum atomic E-state index is -0.0298. The molecule has 162 valence electrons. The minimum Gasteiger partial charge on any atom is -0.369 e. The number of hydrogen-bond acceptors (Lipinski definition) is 4. The molecule has 1 saturated heterocycles. The first kappa shape index (κ1) is 20.1. The van der Waals surface area contributed by atoms with Gasteiger partial charge in [0.05, 0.1) is 6.54 Å². The Morgan fingerprint density at radius 3 is 2.13 bits per heavy atom. The quantitative estimate of drug-likeness (QED) is 0.506. The van der Waals surface area contributed by atoms with Crippen molar-refractivity contribution in [3.63, 3.8) is 0 Å². The van der Waals surface area contributed by atoms with Crippen molar-refractivity contribution < 1.29 is 4.79 Å². The Morgan fingerprint density at radius 1 is 0.933 bits per heavy atom. The highest BCUT2D eigenvalue weighted by Crippen LogP contribution is 2.55. The maximum Gasteiger partial charge on any atom is 0.252 e. The van der Waals surface area contributed by atoms with Crippen LogP contribution in [-0.2, 0) is 4.79 Å². The average molecular weight is 428 g/mol. The number of thiocarbonyl (C=S) groups is 1. The molecule has 1 amide bonds. The van der Waals surface area contributed by atoms with E-state index in [0.29, 0.717) is 11.7 Å². The first-order chi connectivity index (χ1) is 14.6. The smallest absolute Gasteiger partial charge is 0.252 e. The van der Waals surface area contributed by atoms with Gasteiger partial charge in [-0.2, -0.15) is 0 Å². The number of benzene rings is 1. The fourth-order valence-electron chi connectivity index (χ4n) is 6.71. The molecular formula is C23H33N5OS. The van der Waals surface area contributed by atoms with Gasteiger partial charge in [0.2, 0.25) is 0 Å². The molecule has 0 spiro atoms. The molecule has 0 atom stereocenters. The van der Waals surface area contributed by atoms with E-state index in [-0.39, 0.29) is 11.4 Å². The van der Waals surface area contributed by atoms with Gasteiger partial charge in [0, 0.05) is 37.4 Å². The van der Waals surface area contributed by atoms with Crippen molar-refractivity contribution in [1.82, 2.24) is 21.1 Å². The van der Waals surface area contributed by atoms with E-state index in [2.05, 4.69) is 50.2 Å². The number of hydrazine groups is 1. The second-order valence-electron chi connectivity index (χ2n) is 9.92. The lowest BCUT2D eigenvalue weighted by Gasteiger charge is -2.57. The van der Waals surface area contributed by atoms with E-state index in [0.717, 1.165) is 43.9 Å². The number of anilines is 1. The summed E-state index contributed by atoms with van der Waals surface area (Å²) in [6.07, 6.45) is 7.95. The topological polar surface area (TPSA) is 59.6 Å². The summed E-state index contributed by atoms with van der Waals surface area (Å²) in [6, 6.07) is 10.5. The van der Waals surface area contributed by atoms with Crippen molar-refractivity contribution in [1.29, 1.82) is 0 Å². The van der Waals surface area contributed by atoms with Gasteiger partial charge in [-0.05, 0) is 80.6 Å². The zero-order valence-electron chi connectivity index (χ0n) is 17.6. The summed E-state index contributed by atoms with van der Waals surface area (Å²) < 4.78 is 0. The molecule has 7 heteroatoms. The van der Waals surface area contributed by atoms with E-state index in [4.69, 9.17) is 12.2 Å². The highest BCUT2D eigenvalue weighted by molar-refractivity contribution is 7.80. The van der Waals surface area contributed by atoms with Crippen molar-refractivity contribution in [2.45, 2.75) is 44.1 Å². The molecule has 5 aliphatic rings. The third-order valence-corrected chi connectivity index (χ3v) is 7.80. The largest absolute Gasteiger partial charge is 0.369 e. The zero-order valence-corrected chi connectivity index (χ0v) is 18.4. The lowest BCUT2D eigenvalue weighted by atomic mass is 9.53. The summed E-state index contributed by atoms with van der Waals surface area (Å²) in [6.45, 7) is 4.06. The molecule has 0 unspecified atom stereocenters. The van der Waals surface area contributed by atoms with Crippen LogP contribution >= 0.6 is 12.2 Å². The van der Waals surface area contributed by atoms with Crippen molar-refractivity contribution in [3.8, 4) is 0 Å². The van der Waals surface area contributed by atoms with E-state index < -0.39 is 0 Å². The van der Waals surface area contributed by atoms with Gasteiger partial charge in [0.15, 0.2) is 5.11 Å². The van der Waals surface area contributed by atoms with Crippen molar-refractivity contribution in [2.75, 3.05) is 37.6 Å². The van der Waals surface area contributed by atoms with Gasteiger partial charge in [0.25, 0.3) is 5.91 Å². The third kappa shape index (κ3) is 4.42. The normalized spacial score (nSPS) is 32.7. The van der Waals surface area contributed by atoms with Gasteiger partial charge in [-0.25, -0.2) is 0 Å². The molecule has 1 heterocycles. The molecule has 1 aliphatic heterocycles. The fraction of sp³-hybridized carbons (Fsp3) is 0.652. The molecule has 4 aliphatic carbocycles. The highest BCUT2D eigenvalue weighted by Gasteiger charge is 2.51. The lowest BCUT2D eigenvalue weighted by Crippen LogP contribution is -2.63. The number of rotatable bonds is 4. The number of piperazine rings is 1. The predicted octanol–water partition coefficient (Wildman–Crippen LogP) is 2.27. The summed E-state index contributed by atoms with van der Waals surface area (Å²) >= 11 is 5.52. The van der Waals surface area contributed by atoms with Gasteiger partial charge >= 0.3 is 0 Å². The average Bonchev–Trinajstić information content (AvgIpc) is 2.72. The van der Waals surface area contributed by atoms with E-state index >= 15 is 0 Å². The van der Waals surface area contributed by atoms with Crippen LogP contribution in [0.5, 0.6) is 0 Å². The van der Waals surface area contributed by atoms with Gasteiger partial charge in [-0.3, -0.25) is 20.5 Å². The van der Waals surface area contributed by atoms with Crippen LogP contribution in [0.2, 0.25) is 0 Å². The van der Waals surface area contributed by atoms with Crippen LogP contribution in [0.4, 0.5) is 5.69 Å². The number of para-hydroxylation sites is 1. The fourth-order valence-corrected chi connectivity index (χ4v) is 6.98. The molecular weight excluding hydrogens is 394 g/mol. The summed E-state index contributed by atoms with van der Waals surface area (Å²) in [5.74, 6) is 2.58. The molecule has 0 radical (unpaired) electrons. The van der Waals surface area contributed by atoms with Crippen LogP contribution in [0.25, 0.3) is 0 Å². The van der Waals surface area contributed by atoms with E-state index in [9.17, 15) is 4.79 Å². The molecule has 1 aromatic carbocycles. The van der Waals surface area contributed by atoms with Gasteiger partial charge < -0.3 is 10.2 Å². The van der Waals surface area contributed by atoms with E-state index in [1.807, 2.05) is 6.07 Å². The molecule has 30 heavy (non-hydrogen) atoms. The minimum absolute atomic E-state index is 0.0298. The Morgan fingerprint density at radius 2 is 1.53 bits per heavy atom. The summed E-state index contributed by atoms with van der Waals surface area (Å²) in [5, 5.41) is 4.16. The summed E-state index contributed by atoms with van der Waals surface area (Å²) in [7, 11) is 0. The van der Waals surface area contributed by atoms with Crippen molar-refractivity contribution in [2.24, 2.45) is 17.8 Å². The molecule has 1 aromatic rings. The van der Waals surface area contributed by atoms with Crippen LogP contribution in [0, 0.1) is 17.8 Å². The number of hydrogen-bond donors (Lipinski definition) is 3. The van der Waals surface area contributed by atoms with Crippen LogP contribution in [0.15, 0.2) is 30.3 Å². The molecule has 3 N–H and O–H groups in total. The third-order valence-electron chi connectivity index (χ3n) is 7.59. The maximum atomic E-state index is 12.4. The number of nitrogens with zero attached hydrogens (tertiary/aromatic N) is 2. The van der Waals surface area contributed by atoms with Crippen LogP contribution in [0.3, 0.4) is 0 Å². The molecule has 5 fully saturated rings. The van der Waals surface area contributed by atoms with Gasteiger partial charge in [-0.15, -0.1) is 0 Å². The van der Waals surface area contributed by atoms with Gasteiger partial charge in [-0.1, -0.05) is 18.2 Å². The molecule has 0 aromatic heterocycles. The molecule has 4 saturated carbocycles. The first-order valence-electron chi connectivity index (χ1n) is 11.5. The Hall–Kier alpha value is -1.86. The van der Waals surface area contributed by atoms with Gasteiger partial charge in [0.1, 0.15) is 0 Å². The Kier molecular flexibility index (Phi) is 5.58. The Labute approximate surface area is 184 Å². The van der Waals surface area contributed by atoms with E-state index in [1.165, 1.54) is 44.2 Å². The SMILES string of the molecule is O=C(CN1CCN(c2ccccc2)CC1)NNC(=S)NC12CC3CC(CC(C3)C1)C2. The number of carbonyl (C=O) groups excluding carboxylic acids is 1. The summed E-state index contributed by atoms with van der Waals surface area (Å²) in [4.78, 5) is 17.0. The highest BCUT2D eigenvalue weighted by atomic mass is 32.1. The molecule has 6 nitrogen and oxygen atoms in total. The molecule has 6 rings (SSSR count). The van der Waals surface area contributed by atoms with Crippen LogP contribution in [-0.4, -0.2) is 54.2 Å². The Bertz CT molecular complexity index is 742. The second-order valence-corrected chi connectivity index (χ2v) is 10.3. The van der Waals surface area contributed by atoms with Crippen LogP contribution in [0.1, 0.15) is 38.5 Å². The van der Waals surface area contributed by atoms with E-state index in [1.54, 1.807) is 0 Å². The molecule has 4 bridgehead atoms. The van der Waals surface area contributed by atoms with Crippen molar-refractivity contribution in [3.05, 3.63) is 30.3 Å². The number of nitrogens with one attached hydrogen (secondary N) is 3. The Balaban J connectivity index is 1.04. The standard InChI is InChI=1S/C23H33N5OS/c29-21(16-27-6-8-28(9-7-27)20-4-2-1-3-5-20)25-26-22(30)24-23-13-17-10-18(14-23)12-19(11-17)15-23/h1-5,17-19H,6-16H2,(H,25,29)(H2,24,26,30). The monoisotopic (exact) mass is 427 g/mol. The zero-order chi connectivity index (χ0) is 20.6. The maximum absolute atomic E-state index is 12.4. The summed E-state index contributed by atoms with van der Waals surface area (Å²) in [5.41, 5.74) is 7.19. The first-order valence-corrected chi connectivity index (χ1v) is 11.9. The lowest BCUT2D eigenvalue weighted by molar-refractivity contribution is -0.122. The number of carbonyl (C=O) groups is 1.